The van der Waals surface area contributed by atoms with Crippen molar-refractivity contribution in [3.63, 3.8) is 0 Å². The lowest BCUT2D eigenvalue weighted by atomic mass is 10.1. The van der Waals surface area contributed by atoms with Gasteiger partial charge in [-0.15, -0.1) is 0 Å². The predicted octanol–water partition coefficient (Wildman–Crippen LogP) is 2.91. The summed E-state index contributed by atoms with van der Waals surface area (Å²) in [4.78, 5) is 26.1. The third kappa shape index (κ3) is 7.30. The Hall–Kier alpha value is -3.42. The highest BCUT2D eigenvalue weighted by Gasteiger charge is 2.24. The Balaban J connectivity index is 1.65. The van der Waals surface area contributed by atoms with Gasteiger partial charge in [0.05, 0.1) is 0 Å². The summed E-state index contributed by atoms with van der Waals surface area (Å²) in [5.74, 6) is -0.301. The highest BCUT2D eigenvalue weighted by molar-refractivity contribution is 5.93. The van der Waals surface area contributed by atoms with Gasteiger partial charge in [-0.1, -0.05) is 54.6 Å². The summed E-state index contributed by atoms with van der Waals surface area (Å²) in [6.07, 6.45) is 4.77. The summed E-state index contributed by atoms with van der Waals surface area (Å²) >= 11 is 0. The third-order valence-electron chi connectivity index (χ3n) is 5.85. The average Bonchev–Trinajstić information content (AvgIpc) is 3.36. The van der Waals surface area contributed by atoms with Crippen LogP contribution in [0.25, 0.3) is 0 Å². The highest BCUT2D eigenvalue weighted by atomic mass is 16.2. The first-order valence-electron chi connectivity index (χ1n) is 11.9. The van der Waals surface area contributed by atoms with Gasteiger partial charge in [-0.25, -0.2) is 0 Å². The molecule has 1 aromatic heterocycles. The number of carbonyl (C=O) groups is 2. The van der Waals surface area contributed by atoms with Crippen LogP contribution in [0.1, 0.15) is 52.5 Å². The molecule has 0 fully saturated rings. The SMILES string of the molecule is NCCCC[C@H](C(=O)NCc1ccc(CN)cc1)n1cccc1C(=O)NCCc1ccccc1. The van der Waals surface area contributed by atoms with E-state index in [1.807, 2.05) is 54.6 Å². The molecule has 0 aliphatic heterocycles. The number of rotatable bonds is 13. The minimum Gasteiger partial charge on any atom is -0.350 e. The van der Waals surface area contributed by atoms with Crippen molar-refractivity contribution in [1.82, 2.24) is 15.2 Å². The van der Waals surface area contributed by atoms with Crippen LogP contribution in [0, 0.1) is 0 Å². The van der Waals surface area contributed by atoms with E-state index in [0.29, 0.717) is 38.3 Å². The Morgan fingerprint density at radius 3 is 2.26 bits per heavy atom. The predicted molar refractivity (Wildman–Crippen MR) is 135 cm³/mol. The van der Waals surface area contributed by atoms with E-state index in [9.17, 15) is 9.59 Å². The second-order valence-electron chi connectivity index (χ2n) is 8.33. The molecule has 3 rings (SSSR count). The molecule has 0 saturated carbocycles. The summed E-state index contributed by atoms with van der Waals surface area (Å²) in [6.45, 7) is 1.99. The summed E-state index contributed by atoms with van der Waals surface area (Å²) in [5, 5.41) is 6.01. The standard InChI is InChI=1S/C27H35N5O2/c28-16-5-4-9-24(27(34)31-20-23-13-11-22(19-29)12-14-23)32-18-6-10-25(32)26(33)30-17-15-21-7-2-1-3-8-21/h1-3,6-8,10-14,18,24H,4-5,9,15-17,19-20,28-29H2,(H,30,33)(H,31,34)/t24-/m1/s1. The molecule has 6 N–H and O–H groups in total. The van der Waals surface area contributed by atoms with Crippen LogP contribution < -0.4 is 22.1 Å². The van der Waals surface area contributed by atoms with Gasteiger partial charge in [-0.2, -0.15) is 0 Å². The molecule has 7 heteroatoms. The first-order chi connectivity index (χ1) is 16.6. The second kappa shape index (κ2) is 13.3. The molecule has 0 unspecified atom stereocenters. The molecule has 1 heterocycles. The Kier molecular flexibility index (Phi) is 9.88. The van der Waals surface area contributed by atoms with Crippen molar-refractivity contribution >= 4 is 11.8 Å². The molecule has 0 aliphatic rings. The van der Waals surface area contributed by atoms with Gasteiger partial charge < -0.3 is 26.7 Å². The molecule has 0 saturated heterocycles. The Bertz CT molecular complexity index is 1030. The summed E-state index contributed by atoms with van der Waals surface area (Å²) in [6, 6.07) is 21.0. The number of aromatic nitrogens is 1. The van der Waals surface area contributed by atoms with Crippen LogP contribution in [0.15, 0.2) is 72.9 Å². The smallest absolute Gasteiger partial charge is 0.267 e. The van der Waals surface area contributed by atoms with Crippen LogP contribution in [-0.2, 0) is 24.3 Å². The van der Waals surface area contributed by atoms with Gasteiger partial charge in [0, 0.05) is 25.8 Å². The summed E-state index contributed by atoms with van der Waals surface area (Å²) in [5.41, 5.74) is 15.0. The van der Waals surface area contributed by atoms with E-state index in [2.05, 4.69) is 10.6 Å². The van der Waals surface area contributed by atoms with E-state index in [1.165, 1.54) is 0 Å². The van der Waals surface area contributed by atoms with Crippen molar-refractivity contribution in [3.8, 4) is 0 Å². The maximum atomic E-state index is 13.2. The molecule has 7 nitrogen and oxygen atoms in total. The van der Waals surface area contributed by atoms with E-state index < -0.39 is 6.04 Å². The molecule has 34 heavy (non-hydrogen) atoms. The van der Waals surface area contributed by atoms with Crippen LogP contribution in [-0.4, -0.2) is 29.5 Å². The van der Waals surface area contributed by atoms with Crippen LogP contribution in [0.4, 0.5) is 0 Å². The Morgan fingerprint density at radius 2 is 1.56 bits per heavy atom. The van der Waals surface area contributed by atoms with E-state index in [1.54, 1.807) is 22.9 Å². The van der Waals surface area contributed by atoms with Crippen LogP contribution in [0.3, 0.4) is 0 Å². The Labute approximate surface area is 201 Å². The fourth-order valence-electron chi connectivity index (χ4n) is 3.89. The number of nitrogens with one attached hydrogen (secondary N) is 2. The molecule has 0 spiro atoms. The third-order valence-corrected chi connectivity index (χ3v) is 5.85. The monoisotopic (exact) mass is 461 g/mol. The second-order valence-corrected chi connectivity index (χ2v) is 8.33. The van der Waals surface area contributed by atoms with Gasteiger partial charge >= 0.3 is 0 Å². The van der Waals surface area contributed by atoms with Gasteiger partial charge in [0.15, 0.2) is 0 Å². The maximum absolute atomic E-state index is 13.2. The number of benzene rings is 2. The van der Waals surface area contributed by atoms with Gasteiger partial charge in [-0.05, 0) is 61.1 Å². The molecular weight excluding hydrogens is 426 g/mol. The number of hydrogen-bond donors (Lipinski definition) is 4. The quantitative estimate of drug-likeness (QED) is 0.293. The summed E-state index contributed by atoms with van der Waals surface area (Å²) in [7, 11) is 0. The lowest BCUT2D eigenvalue weighted by molar-refractivity contribution is -0.124. The normalized spacial score (nSPS) is 11.7. The molecule has 2 amide bonds. The lowest BCUT2D eigenvalue weighted by Gasteiger charge is -2.21. The zero-order valence-corrected chi connectivity index (χ0v) is 19.6. The first kappa shape index (κ1) is 25.2. The van der Waals surface area contributed by atoms with E-state index in [-0.39, 0.29) is 11.8 Å². The van der Waals surface area contributed by atoms with Crippen molar-refractivity contribution in [2.45, 2.75) is 44.8 Å². The molecule has 0 aliphatic carbocycles. The van der Waals surface area contributed by atoms with Gasteiger partial charge in [-0.3, -0.25) is 9.59 Å². The van der Waals surface area contributed by atoms with E-state index in [4.69, 9.17) is 11.5 Å². The number of amides is 2. The average molecular weight is 462 g/mol. The minimum atomic E-state index is -0.486. The van der Waals surface area contributed by atoms with Crippen molar-refractivity contribution < 1.29 is 9.59 Å². The maximum Gasteiger partial charge on any atom is 0.267 e. The van der Waals surface area contributed by atoms with Crippen LogP contribution in [0.5, 0.6) is 0 Å². The molecule has 0 bridgehead atoms. The van der Waals surface area contributed by atoms with E-state index >= 15 is 0 Å². The number of carbonyl (C=O) groups excluding carboxylic acids is 2. The molecular formula is C27H35N5O2. The Morgan fingerprint density at radius 1 is 0.824 bits per heavy atom. The zero-order chi connectivity index (χ0) is 24.2. The van der Waals surface area contributed by atoms with Gasteiger partial charge in [0.25, 0.3) is 5.91 Å². The molecule has 180 valence electrons. The fourth-order valence-corrected chi connectivity index (χ4v) is 3.89. The first-order valence-corrected chi connectivity index (χ1v) is 11.9. The van der Waals surface area contributed by atoms with Crippen molar-refractivity contribution in [2.24, 2.45) is 11.5 Å². The number of nitrogens with two attached hydrogens (primary N) is 2. The van der Waals surface area contributed by atoms with Crippen molar-refractivity contribution in [2.75, 3.05) is 13.1 Å². The number of nitrogens with zero attached hydrogens (tertiary/aromatic N) is 1. The summed E-state index contributed by atoms with van der Waals surface area (Å²) < 4.78 is 1.78. The number of unbranched alkanes of at least 4 members (excludes halogenated alkanes) is 1. The van der Waals surface area contributed by atoms with Crippen LogP contribution >= 0.6 is 0 Å². The van der Waals surface area contributed by atoms with Crippen LogP contribution in [0.2, 0.25) is 0 Å². The van der Waals surface area contributed by atoms with Gasteiger partial charge in [0.2, 0.25) is 5.91 Å². The zero-order valence-electron chi connectivity index (χ0n) is 19.6. The molecule has 2 aromatic carbocycles. The molecule has 0 radical (unpaired) electrons. The topological polar surface area (TPSA) is 115 Å². The molecule has 1 atom stereocenters. The lowest BCUT2D eigenvalue weighted by Crippen LogP contribution is -2.35. The largest absolute Gasteiger partial charge is 0.350 e. The van der Waals surface area contributed by atoms with E-state index in [0.717, 1.165) is 36.0 Å². The molecule has 3 aromatic rings. The minimum absolute atomic E-state index is 0.116. The number of hydrogen-bond acceptors (Lipinski definition) is 4. The van der Waals surface area contributed by atoms with Crippen molar-refractivity contribution in [3.05, 3.63) is 95.3 Å². The fraction of sp³-hybridized carbons (Fsp3) is 0.333. The van der Waals surface area contributed by atoms with Crippen molar-refractivity contribution in [1.29, 1.82) is 0 Å². The highest BCUT2D eigenvalue weighted by Crippen LogP contribution is 2.20. The van der Waals surface area contributed by atoms with Gasteiger partial charge in [0.1, 0.15) is 11.7 Å².